The maximum Gasteiger partial charge on any atom is 0.337 e. The van der Waals surface area contributed by atoms with Gasteiger partial charge in [0.2, 0.25) is 0 Å². The Balaban J connectivity index is 1.99. The van der Waals surface area contributed by atoms with Crippen LogP contribution in [-0.2, 0) is 11.8 Å². The molecule has 112 valence electrons. The van der Waals surface area contributed by atoms with E-state index in [4.69, 9.17) is 4.74 Å². The van der Waals surface area contributed by atoms with E-state index in [1.807, 2.05) is 24.6 Å². The highest BCUT2D eigenvalue weighted by Gasteiger charge is 2.13. The fourth-order valence-corrected chi connectivity index (χ4v) is 2.31. The van der Waals surface area contributed by atoms with Crippen molar-refractivity contribution < 1.29 is 9.53 Å². The zero-order valence-electron chi connectivity index (χ0n) is 12.5. The number of methoxy groups -OCH3 is 1. The van der Waals surface area contributed by atoms with E-state index in [0.717, 1.165) is 22.8 Å². The Morgan fingerprint density at radius 2 is 2.14 bits per heavy atom. The molecule has 0 atom stereocenters. The van der Waals surface area contributed by atoms with E-state index in [1.165, 1.54) is 7.11 Å². The van der Waals surface area contributed by atoms with Gasteiger partial charge in [-0.1, -0.05) is 11.3 Å². The van der Waals surface area contributed by atoms with Gasteiger partial charge in [-0.2, -0.15) is 0 Å². The number of nitrogens with zero attached hydrogens (tertiary/aromatic N) is 5. The average Bonchev–Trinajstić information content (AvgIpc) is 3.13. The third kappa shape index (κ3) is 2.37. The van der Waals surface area contributed by atoms with E-state index < -0.39 is 0 Å². The zero-order valence-corrected chi connectivity index (χ0v) is 12.5. The zero-order chi connectivity index (χ0) is 15.7. The second-order valence-corrected chi connectivity index (χ2v) is 4.88. The molecule has 3 rings (SSSR count). The summed E-state index contributed by atoms with van der Waals surface area (Å²) in [7, 11) is 3.26. The van der Waals surface area contributed by atoms with Crippen LogP contribution in [0.5, 0.6) is 0 Å². The van der Waals surface area contributed by atoms with Crippen LogP contribution >= 0.6 is 0 Å². The van der Waals surface area contributed by atoms with Crippen molar-refractivity contribution in [1.82, 2.24) is 24.5 Å². The second kappa shape index (κ2) is 5.44. The van der Waals surface area contributed by atoms with Crippen molar-refractivity contribution >= 4 is 5.97 Å². The Labute approximate surface area is 127 Å². The fraction of sp³-hybridized carbons (Fsp3) is 0.200. The lowest BCUT2D eigenvalue weighted by molar-refractivity contribution is 0.0600. The second-order valence-electron chi connectivity index (χ2n) is 4.88. The molecule has 0 fully saturated rings. The smallest absolute Gasteiger partial charge is 0.337 e. The van der Waals surface area contributed by atoms with Gasteiger partial charge in [-0.15, -0.1) is 5.10 Å². The molecule has 7 nitrogen and oxygen atoms in total. The molecule has 0 aliphatic carbocycles. The number of hydrogen-bond acceptors (Lipinski definition) is 5. The predicted octanol–water partition coefficient (Wildman–Crippen LogP) is 1.76. The first kappa shape index (κ1) is 14.0. The third-order valence-corrected chi connectivity index (χ3v) is 3.39. The van der Waals surface area contributed by atoms with Crippen LogP contribution in [0.2, 0.25) is 0 Å². The minimum Gasteiger partial charge on any atom is -0.465 e. The lowest BCUT2D eigenvalue weighted by atomic mass is 10.2. The molecule has 0 radical (unpaired) electrons. The van der Waals surface area contributed by atoms with Crippen LogP contribution in [0.1, 0.15) is 16.1 Å². The van der Waals surface area contributed by atoms with Gasteiger partial charge in [-0.25, -0.2) is 14.5 Å². The highest BCUT2D eigenvalue weighted by atomic mass is 16.5. The van der Waals surface area contributed by atoms with Gasteiger partial charge in [0.15, 0.2) is 0 Å². The summed E-state index contributed by atoms with van der Waals surface area (Å²) in [6, 6.07) is 7.03. The number of aryl methyl sites for hydroxylation is 2. The number of aromatic nitrogens is 5. The van der Waals surface area contributed by atoms with Gasteiger partial charge in [-0.05, 0) is 25.1 Å². The van der Waals surface area contributed by atoms with Gasteiger partial charge in [0, 0.05) is 7.05 Å². The Kier molecular flexibility index (Phi) is 3.46. The summed E-state index contributed by atoms with van der Waals surface area (Å²) in [6.45, 7) is 1.92. The Bertz CT molecular complexity index is 815. The Hall–Kier alpha value is -2.96. The van der Waals surface area contributed by atoms with Crippen LogP contribution in [-0.4, -0.2) is 37.6 Å². The molecule has 2 aromatic heterocycles. The van der Waals surface area contributed by atoms with Crippen molar-refractivity contribution in [2.75, 3.05) is 7.11 Å². The maximum atomic E-state index is 11.6. The molecule has 0 spiro atoms. The van der Waals surface area contributed by atoms with Crippen molar-refractivity contribution in [1.29, 1.82) is 0 Å². The summed E-state index contributed by atoms with van der Waals surface area (Å²) in [5.74, 6) is -0.385. The first-order valence-corrected chi connectivity index (χ1v) is 6.69. The monoisotopic (exact) mass is 297 g/mol. The van der Waals surface area contributed by atoms with Crippen LogP contribution in [0.4, 0.5) is 0 Å². The molecule has 0 amide bonds. The number of carbonyl (C=O) groups excluding carboxylic acids is 1. The number of esters is 1. The number of rotatable bonds is 3. The Morgan fingerprint density at radius 3 is 2.82 bits per heavy atom. The van der Waals surface area contributed by atoms with Gasteiger partial charge >= 0.3 is 5.97 Å². The largest absolute Gasteiger partial charge is 0.465 e. The van der Waals surface area contributed by atoms with Crippen LogP contribution in [0, 0.1) is 6.92 Å². The van der Waals surface area contributed by atoms with Gasteiger partial charge in [0.05, 0.1) is 42.3 Å². The number of imidazole rings is 1. The summed E-state index contributed by atoms with van der Waals surface area (Å²) in [5.41, 5.74) is 3.73. The van der Waals surface area contributed by atoms with Crippen LogP contribution in [0.3, 0.4) is 0 Å². The molecule has 0 aliphatic heterocycles. The minimum atomic E-state index is -0.385. The lowest BCUT2D eigenvalue weighted by Crippen LogP contribution is -2.03. The topological polar surface area (TPSA) is 74.8 Å². The molecular weight excluding hydrogens is 282 g/mol. The SMILES string of the molecule is COC(=O)c1cccc(-n2cc(-c3c(C)ncn3C)nn2)c1. The van der Waals surface area contributed by atoms with Gasteiger partial charge in [0.25, 0.3) is 0 Å². The molecule has 0 saturated carbocycles. The summed E-state index contributed by atoms with van der Waals surface area (Å²) >= 11 is 0. The van der Waals surface area contributed by atoms with Crippen molar-refractivity contribution in [3.63, 3.8) is 0 Å². The molecule has 0 saturated heterocycles. The highest BCUT2D eigenvalue weighted by Crippen LogP contribution is 2.20. The predicted molar refractivity (Wildman–Crippen MR) is 79.6 cm³/mol. The van der Waals surface area contributed by atoms with Crippen LogP contribution < -0.4 is 0 Å². The first-order chi connectivity index (χ1) is 10.6. The first-order valence-electron chi connectivity index (χ1n) is 6.69. The van der Waals surface area contributed by atoms with Gasteiger partial charge in [0.1, 0.15) is 5.69 Å². The molecule has 0 unspecified atom stereocenters. The number of ether oxygens (including phenoxy) is 1. The van der Waals surface area contributed by atoms with Gasteiger partial charge < -0.3 is 9.30 Å². The van der Waals surface area contributed by atoms with E-state index in [1.54, 1.807) is 35.4 Å². The van der Waals surface area contributed by atoms with Crippen LogP contribution in [0.15, 0.2) is 36.8 Å². The number of hydrogen-bond donors (Lipinski definition) is 0. The van der Waals surface area contributed by atoms with E-state index in [9.17, 15) is 4.79 Å². The van der Waals surface area contributed by atoms with Crippen molar-refractivity contribution in [2.45, 2.75) is 6.92 Å². The van der Waals surface area contributed by atoms with Crippen molar-refractivity contribution in [3.8, 4) is 17.1 Å². The molecule has 0 aliphatic rings. The fourth-order valence-electron chi connectivity index (χ4n) is 2.31. The molecule has 0 bridgehead atoms. The molecule has 2 heterocycles. The lowest BCUT2D eigenvalue weighted by Gasteiger charge is -2.03. The highest BCUT2D eigenvalue weighted by molar-refractivity contribution is 5.89. The van der Waals surface area contributed by atoms with E-state index in [0.29, 0.717) is 5.56 Å². The summed E-state index contributed by atoms with van der Waals surface area (Å²) in [5, 5.41) is 8.31. The van der Waals surface area contributed by atoms with E-state index in [-0.39, 0.29) is 5.97 Å². The average molecular weight is 297 g/mol. The van der Waals surface area contributed by atoms with Gasteiger partial charge in [-0.3, -0.25) is 0 Å². The van der Waals surface area contributed by atoms with Crippen molar-refractivity contribution in [2.24, 2.45) is 7.05 Å². The van der Waals surface area contributed by atoms with Crippen molar-refractivity contribution in [3.05, 3.63) is 48.0 Å². The summed E-state index contributed by atoms with van der Waals surface area (Å²) in [4.78, 5) is 15.8. The number of benzene rings is 1. The quantitative estimate of drug-likeness (QED) is 0.689. The minimum absolute atomic E-state index is 0.385. The summed E-state index contributed by atoms with van der Waals surface area (Å²) < 4.78 is 8.24. The Morgan fingerprint density at radius 1 is 1.32 bits per heavy atom. The molecular formula is C15H15N5O2. The molecule has 22 heavy (non-hydrogen) atoms. The standard InChI is InChI=1S/C15H15N5O2/c1-10-14(19(2)9-16-10)13-8-20(18-17-13)12-6-4-5-11(7-12)15(21)22-3/h4-9H,1-3H3. The maximum absolute atomic E-state index is 11.6. The molecule has 3 aromatic rings. The molecule has 0 N–H and O–H groups in total. The number of carbonyl (C=O) groups is 1. The summed E-state index contributed by atoms with van der Waals surface area (Å²) in [6.07, 6.45) is 3.54. The van der Waals surface area contributed by atoms with E-state index in [2.05, 4.69) is 15.3 Å². The van der Waals surface area contributed by atoms with Crippen LogP contribution in [0.25, 0.3) is 17.1 Å². The molecule has 1 aromatic carbocycles. The van der Waals surface area contributed by atoms with E-state index >= 15 is 0 Å². The normalized spacial score (nSPS) is 10.7. The molecule has 7 heteroatoms. The third-order valence-electron chi connectivity index (χ3n) is 3.39.